The van der Waals surface area contributed by atoms with Gasteiger partial charge in [-0.15, -0.1) is 11.3 Å². The molecule has 0 unspecified atom stereocenters. The molecule has 6 heteroatoms. The second-order valence-corrected chi connectivity index (χ2v) is 5.00. The lowest BCUT2D eigenvalue weighted by molar-refractivity contribution is -0.128. The van der Waals surface area contributed by atoms with Gasteiger partial charge in [0.15, 0.2) is 0 Å². The maximum Gasteiger partial charge on any atom is 0.261 e. The molecule has 0 aromatic carbocycles. The molecule has 0 saturated carbocycles. The van der Waals surface area contributed by atoms with E-state index in [1.54, 1.807) is 26.2 Å². The molecule has 19 heavy (non-hydrogen) atoms. The standard InChI is InChI=1S/C13H16N2O3S/c1-15(2)12(17)7-8-14-13(18)11-6-5-10(19-11)4-3-9-16/h5-6,16H,7-9H2,1-2H3,(H,14,18). The number of carbonyl (C=O) groups is 2. The molecule has 1 aromatic rings. The fourth-order valence-corrected chi connectivity index (χ4v) is 2.04. The van der Waals surface area contributed by atoms with Gasteiger partial charge in [0.1, 0.15) is 6.61 Å². The molecule has 2 N–H and O–H groups in total. The van der Waals surface area contributed by atoms with Crippen LogP contribution in [-0.4, -0.2) is 49.1 Å². The maximum absolute atomic E-state index is 11.8. The third kappa shape index (κ3) is 5.12. The van der Waals surface area contributed by atoms with Gasteiger partial charge in [0.25, 0.3) is 5.91 Å². The van der Waals surface area contributed by atoms with E-state index in [-0.39, 0.29) is 24.8 Å². The Balaban J connectivity index is 2.46. The second kappa shape index (κ2) is 7.56. The summed E-state index contributed by atoms with van der Waals surface area (Å²) in [6.45, 7) is 0.109. The summed E-state index contributed by atoms with van der Waals surface area (Å²) in [5.41, 5.74) is 0. The van der Waals surface area contributed by atoms with Crippen molar-refractivity contribution in [2.75, 3.05) is 27.2 Å². The van der Waals surface area contributed by atoms with Crippen molar-refractivity contribution in [3.8, 4) is 11.8 Å². The Morgan fingerprint density at radius 3 is 2.79 bits per heavy atom. The molecule has 0 aliphatic rings. The van der Waals surface area contributed by atoms with E-state index in [1.165, 1.54) is 16.2 Å². The van der Waals surface area contributed by atoms with E-state index in [1.807, 2.05) is 0 Å². The van der Waals surface area contributed by atoms with Crippen LogP contribution in [0.25, 0.3) is 0 Å². The Kier molecular flexibility index (Phi) is 6.06. The molecular formula is C13H16N2O3S. The van der Waals surface area contributed by atoms with E-state index in [0.29, 0.717) is 11.4 Å². The van der Waals surface area contributed by atoms with Gasteiger partial charge in [0.2, 0.25) is 5.91 Å². The van der Waals surface area contributed by atoms with Crippen LogP contribution in [0.5, 0.6) is 0 Å². The van der Waals surface area contributed by atoms with Gasteiger partial charge < -0.3 is 15.3 Å². The van der Waals surface area contributed by atoms with E-state index in [9.17, 15) is 9.59 Å². The molecule has 0 saturated heterocycles. The first-order valence-corrected chi connectivity index (χ1v) is 6.54. The topological polar surface area (TPSA) is 69.6 Å². The van der Waals surface area contributed by atoms with Gasteiger partial charge in [-0.2, -0.15) is 0 Å². The quantitative estimate of drug-likeness (QED) is 0.779. The van der Waals surface area contributed by atoms with Crippen LogP contribution in [-0.2, 0) is 4.79 Å². The zero-order valence-electron chi connectivity index (χ0n) is 10.9. The Morgan fingerprint density at radius 2 is 2.16 bits per heavy atom. The molecule has 0 bridgehead atoms. The third-order valence-electron chi connectivity index (χ3n) is 2.24. The van der Waals surface area contributed by atoms with Crippen molar-refractivity contribution in [1.29, 1.82) is 0 Å². The first-order valence-electron chi connectivity index (χ1n) is 5.72. The van der Waals surface area contributed by atoms with Crippen LogP contribution in [0.2, 0.25) is 0 Å². The summed E-state index contributed by atoms with van der Waals surface area (Å²) in [4.78, 5) is 25.8. The minimum absolute atomic E-state index is 0.0269. The highest BCUT2D eigenvalue weighted by Gasteiger charge is 2.09. The van der Waals surface area contributed by atoms with Crippen molar-refractivity contribution in [2.45, 2.75) is 6.42 Å². The van der Waals surface area contributed by atoms with Crippen LogP contribution in [0, 0.1) is 11.8 Å². The van der Waals surface area contributed by atoms with E-state index < -0.39 is 0 Å². The highest BCUT2D eigenvalue weighted by molar-refractivity contribution is 7.14. The molecule has 0 spiro atoms. The number of nitrogens with zero attached hydrogens (tertiary/aromatic N) is 1. The van der Waals surface area contributed by atoms with Crippen LogP contribution in [0.3, 0.4) is 0 Å². The lowest BCUT2D eigenvalue weighted by Crippen LogP contribution is -2.29. The van der Waals surface area contributed by atoms with E-state index >= 15 is 0 Å². The van der Waals surface area contributed by atoms with Gasteiger partial charge in [0.05, 0.1) is 9.75 Å². The van der Waals surface area contributed by atoms with Gasteiger partial charge in [-0.3, -0.25) is 9.59 Å². The minimum atomic E-state index is -0.214. The minimum Gasteiger partial charge on any atom is -0.384 e. The Bertz CT molecular complexity index is 511. The van der Waals surface area contributed by atoms with Gasteiger partial charge in [0, 0.05) is 27.1 Å². The number of nitrogens with one attached hydrogen (secondary N) is 1. The number of aliphatic hydroxyl groups excluding tert-OH is 1. The van der Waals surface area contributed by atoms with Crippen molar-refractivity contribution < 1.29 is 14.7 Å². The molecule has 1 rings (SSSR count). The smallest absolute Gasteiger partial charge is 0.261 e. The first kappa shape index (κ1) is 15.2. The van der Waals surface area contributed by atoms with E-state index in [0.717, 1.165) is 4.88 Å². The molecular weight excluding hydrogens is 264 g/mol. The average molecular weight is 280 g/mol. The predicted octanol–water partition coefficient (Wildman–Crippen LogP) is 0.300. The zero-order valence-corrected chi connectivity index (χ0v) is 11.7. The normalized spacial score (nSPS) is 9.42. The fourth-order valence-electron chi connectivity index (χ4n) is 1.25. The summed E-state index contributed by atoms with van der Waals surface area (Å²) in [5, 5.41) is 11.3. The Morgan fingerprint density at radius 1 is 1.42 bits per heavy atom. The molecule has 5 nitrogen and oxygen atoms in total. The van der Waals surface area contributed by atoms with E-state index in [4.69, 9.17) is 5.11 Å². The number of hydrogen-bond donors (Lipinski definition) is 2. The van der Waals surface area contributed by atoms with Crippen molar-refractivity contribution in [2.24, 2.45) is 0 Å². The second-order valence-electron chi connectivity index (χ2n) is 3.92. The van der Waals surface area contributed by atoms with Crippen LogP contribution >= 0.6 is 11.3 Å². The molecule has 2 amide bonds. The lowest BCUT2D eigenvalue weighted by Gasteiger charge is -2.09. The summed E-state index contributed by atoms with van der Waals surface area (Å²) in [7, 11) is 3.35. The number of carbonyl (C=O) groups excluding carboxylic acids is 2. The molecule has 0 fully saturated rings. The third-order valence-corrected chi connectivity index (χ3v) is 3.24. The summed E-state index contributed by atoms with van der Waals surface area (Å²) < 4.78 is 0. The lowest BCUT2D eigenvalue weighted by atomic mass is 10.3. The highest BCUT2D eigenvalue weighted by Crippen LogP contribution is 2.15. The summed E-state index contributed by atoms with van der Waals surface area (Å²) in [5.74, 6) is 5.02. The van der Waals surface area contributed by atoms with Gasteiger partial charge in [-0.25, -0.2) is 0 Å². The highest BCUT2D eigenvalue weighted by atomic mass is 32.1. The maximum atomic E-state index is 11.8. The molecule has 0 aliphatic carbocycles. The molecule has 102 valence electrons. The Hall–Kier alpha value is -1.84. The van der Waals surface area contributed by atoms with Gasteiger partial charge in [-0.05, 0) is 12.1 Å². The van der Waals surface area contributed by atoms with Crippen LogP contribution in [0.15, 0.2) is 12.1 Å². The first-order chi connectivity index (χ1) is 9.04. The number of aliphatic hydroxyl groups is 1. The average Bonchev–Trinajstić information content (AvgIpc) is 2.84. The van der Waals surface area contributed by atoms with E-state index in [2.05, 4.69) is 17.2 Å². The molecule has 0 aliphatic heterocycles. The zero-order chi connectivity index (χ0) is 14.3. The summed E-state index contributed by atoms with van der Waals surface area (Å²) in [6.07, 6.45) is 0.279. The van der Waals surface area contributed by atoms with Crippen molar-refractivity contribution >= 4 is 23.2 Å². The molecule has 0 atom stereocenters. The molecule has 0 radical (unpaired) electrons. The van der Waals surface area contributed by atoms with Crippen molar-refractivity contribution in [3.63, 3.8) is 0 Å². The SMILES string of the molecule is CN(C)C(=O)CCNC(=O)c1ccc(C#CCO)s1. The molecule has 1 heterocycles. The van der Waals surface area contributed by atoms with Gasteiger partial charge in [-0.1, -0.05) is 11.8 Å². The molecule has 1 aromatic heterocycles. The largest absolute Gasteiger partial charge is 0.384 e. The van der Waals surface area contributed by atoms with Crippen LogP contribution < -0.4 is 5.32 Å². The van der Waals surface area contributed by atoms with Crippen LogP contribution in [0.1, 0.15) is 21.0 Å². The summed E-state index contributed by atoms with van der Waals surface area (Å²) in [6, 6.07) is 3.41. The monoisotopic (exact) mass is 280 g/mol. The number of rotatable bonds is 4. The number of hydrogen-bond acceptors (Lipinski definition) is 4. The Labute approximate surface area is 116 Å². The van der Waals surface area contributed by atoms with Gasteiger partial charge >= 0.3 is 0 Å². The number of amides is 2. The fraction of sp³-hybridized carbons (Fsp3) is 0.385. The predicted molar refractivity (Wildman–Crippen MR) is 73.9 cm³/mol. The summed E-state index contributed by atoms with van der Waals surface area (Å²) >= 11 is 1.25. The van der Waals surface area contributed by atoms with Crippen molar-refractivity contribution in [1.82, 2.24) is 10.2 Å². The van der Waals surface area contributed by atoms with Crippen molar-refractivity contribution in [3.05, 3.63) is 21.9 Å². The number of thiophene rings is 1. The van der Waals surface area contributed by atoms with Crippen LogP contribution in [0.4, 0.5) is 0 Å².